The van der Waals surface area contributed by atoms with Crippen molar-refractivity contribution in [3.63, 3.8) is 0 Å². The Labute approximate surface area is 314 Å². The van der Waals surface area contributed by atoms with Gasteiger partial charge in [0.1, 0.15) is 18.3 Å². The zero-order chi connectivity index (χ0) is 37.6. The van der Waals surface area contributed by atoms with Gasteiger partial charge in [-0.15, -0.1) is 0 Å². The summed E-state index contributed by atoms with van der Waals surface area (Å²) in [5.41, 5.74) is 1.25. The first-order valence-electron chi connectivity index (χ1n) is 20.1. The third-order valence-electron chi connectivity index (χ3n) is 10.3. The van der Waals surface area contributed by atoms with E-state index >= 15 is 0 Å². The van der Waals surface area contributed by atoms with E-state index in [0.29, 0.717) is 31.1 Å². The van der Waals surface area contributed by atoms with Crippen molar-refractivity contribution >= 4 is 17.9 Å². The van der Waals surface area contributed by atoms with Crippen LogP contribution in [-0.4, -0.2) is 36.2 Å². The molecule has 2 aliphatic carbocycles. The first-order chi connectivity index (χ1) is 25.2. The molecule has 0 saturated carbocycles. The van der Waals surface area contributed by atoms with Crippen LogP contribution < -0.4 is 0 Å². The Morgan fingerprint density at radius 2 is 1.42 bits per heavy atom. The Morgan fingerprint density at radius 3 is 2.02 bits per heavy atom. The van der Waals surface area contributed by atoms with Crippen LogP contribution in [0.3, 0.4) is 0 Å². The molecule has 6 nitrogen and oxygen atoms in total. The van der Waals surface area contributed by atoms with Crippen molar-refractivity contribution in [2.45, 2.75) is 143 Å². The van der Waals surface area contributed by atoms with E-state index in [9.17, 15) is 14.4 Å². The van der Waals surface area contributed by atoms with Crippen LogP contribution >= 0.6 is 0 Å². The summed E-state index contributed by atoms with van der Waals surface area (Å²) in [6.07, 6.45) is 42.2. The molecule has 0 aromatic carbocycles. The second-order valence-corrected chi connectivity index (χ2v) is 14.8. The van der Waals surface area contributed by atoms with Crippen molar-refractivity contribution in [2.24, 2.45) is 29.6 Å². The van der Waals surface area contributed by atoms with E-state index in [0.717, 1.165) is 57.8 Å². The number of hydrogen-bond donors (Lipinski definition) is 0. The highest BCUT2D eigenvalue weighted by Crippen LogP contribution is 2.45. The van der Waals surface area contributed by atoms with E-state index in [1.165, 1.54) is 5.57 Å². The highest BCUT2D eigenvalue weighted by atomic mass is 16.6. The maximum absolute atomic E-state index is 12.8. The van der Waals surface area contributed by atoms with E-state index in [1.54, 1.807) is 0 Å². The van der Waals surface area contributed by atoms with Crippen LogP contribution in [0.15, 0.2) is 96.7 Å². The molecule has 1 fully saturated rings. The van der Waals surface area contributed by atoms with Crippen molar-refractivity contribution in [2.75, 3.05) is 0 Å². The maximum atomic E-state index is 12.8. The molecule has 8 atom stereocenters. The molecule has 0 amide bonds. The van der Waals surface area contributed by atoms with E-state index in [4.69, 9.17) is 14.2 Å². The van der Waals surface area contributed by atoms with Crippen LogP contribution in [0.2, 0.25) is 0 Å². The molecule has 1 aliphatic heterocycles. The van der Waals surface area contributed by atoms with E-state index in [-0.39, 0.29) is 60.7 Å². The Balaban J connectivity index is 1.35. The Hall–Kier alpha value is -3.67. The highest BCUT2D eigenvalue weighted by Gasteiger charge is 2.42. The fourth-order valence-electron chi connectivity index (χ4n) is 7.23. The van der Waals surface area contributed by atoms with Gasteiger partial charge in [-0.05, 0) is 94.0 Å². The predicted octanol–water partition coefficient (Wildman–Crippen LogP) is 11.2. The third kappa shape index (κ3) is 15.9. The molecule has 0 N–H and O–H groups in total. The Bertz CT molecular complexity index is 1340. The number of carbonyl (C=O) groups is 3. The van der Waals surface area contributed by atoms with Crippen LogP contribution in [0.4, 0.5) is 0 Å². The lowest BCUT2D eigenvalue weighted by Crippen LogP contribution is -2.42. The monoisotopic (exact) mass is 714 g/mol. The van der Waals surface area contributed by atoms with Gasteiger partial charge in [0.25, 0.3) is 0 Å². The number of cyclic esters (lactones) is 1. The lowest BCUT2D eigenvalue weighted by molar-refractivity contribution is -0.170. The van der Waals surface area contributed by atoms with Crippen molar-refractivity contribution in [3.05, 3.63) is 96.7 Å². The van der Waals surface area contributed by atoms with Crippen LogP contribution in [0.1, 0.15) is 125 Å². The van der Waals surface area contributed by atoms with E-state index in [2.05, 4.69) is 106 Å². The van der Waals surface area contributed by atoms with Gasteiger partial charge < -0.3 is 14.2 Å². The lowest BCUT2D eigenvalue weighted by atomic mass is 9.65. The highest BCUT2D eigenvalue weighted by molar-refractivity contribution is 5.73. The van der Waals surface area contributed by atoms with Crippen LogP contribution in [-0.2, 0) is 28.6 Å². The summed E-state index contributed by atoms with van der Waals surface area (Å²) >= 11 is 0. The molecule has 0 aromatic rings. The summed E-state index contributed by atoms with van der Waals surface area (Å²) in [7, 11) is 0. The van der Waals surface area contributed by atoms with Gasteiger partial charge in [-0.3, -0.25) is 14.4 Å². The third-order valence-corrected chi connectivity index (χ3v) is 10.3. The molecule has 6 heteroatoms. The second kappa shape index (κ2) is 24.5. The smallest absolute Gasteiger partial charge is 0.309 e. The normalized spacial score (nSPS) is 27.2. The molecule has 0 radical (unpaired) electrons. The average molecular weight is 715 g/mol. The van der Waals surface area contributed by atoms with Crippen LogP contribution in [0, 0.1) is 29.6 Å². The molecular weight excluding hydrogens is 649 g/mol. The molecule has 3 rings (SSSR count). The molecule has 286 valence electrons. The number of esters is 3. The summed E-state index contributed by atoms with van der Waals surface area (Å²) in [5.74, 6) is 0.222. The molecule has 0 unspecified atom stereocenters. The summed E-state index contributed by atoms with van der Waals surface area (Å²) < 4.78 is 17.7. The lowest BCUT2D eigenvalue weighted by Gasteiger charge is -2.43. The van der Waals surface area contributed by atoms with Crippen molar-refractivity contribution in [1.82, 2.24) is 0 Å². The molecule has 1 saturated heterocycles. The molecular formula is C46H66O6. The van der Waals surface area contributed by atoms with Gasteiger partial charge in [-0.2, -0.15) is 0 Å². The van der Waals surface area contributed by atoms with Gasteiger partial charge in [0.2, 0.25) is 0 Å². The standard InChI is InChI=1S/C46H66O6/c1-6-8-9-10-11-12-13-14-15-16-17-18-19-20-21-22-23-24-25-26-43(47)51-40-33-39(50-44(48)34-40)29-30-41-37(5)27-28-38-31-35(3)32-42(45(38)41)52-46(49)36(4)7-2/h8-9,11-12,14-15,17-18,20-21,23-24,27-28,31,35-37,39-42,45H,6-7,10,13,16,19,22,25-26,29-30,32-34H2,1-5H3/b9-8-,12-11-,15-14-,18-17-,21-20-,24-23-/t35-,36-,37-,39-,40-,41-,42-,45-/m0/s1. The summed E-state index contributed by atoms with van der Waals surface area (Å²) in [4.78, 5) is 38.0. The molecule has 0 aromatic heterocycles. The Kier molecular flexibility index (Phi) is 20.2. The minimum absolute atomic E-state index is 0.103. The quantitative estimate of drug-likeness (QED) is 0.0669. The zero-order valence-corrected chi connectivity index (χ0v) is 32.6. The van der Waals surface area contributed by atoms with Gasteiger partial charge >= 0.3 is 17.9 Å². The van der Waals surface area contributed by atoms with Gasteiger partial charge in [0.15, 0.2) is 0 Å². The fraction of sp³-hybridized carbons (Fsp3) is 0.587. The zero-order valence-electron chi connectivity index (χ0n) is 32.6. The van der Waals surface area contributed by atoms with E-state index in [1.807, 2.05) is 19.9 Å². The van der Waals surface area contributed by atoms with Gasteiger partial charge in [0.05, 0.1) is 12.3 Å². The molecule has 1 heterocycles. The van der Waals surface area contributed by atoms with Crippen molar-refractivity contribution < 1.29 is 28.6 Å². The fourth-order valence-corrected chi connectivity index (χ4v) is 7.23. The number of carbonyl (C=O) groups excluding carboxylic acids is 3. The average Bonchev–Trinajstić information content (AvgIpc) is 3.11. The van der Waals surface area contributed by atoms with E-state index < -0.39 is 6.10 Å². The predicted molar refractivity (Wildman–Crippen MR) is 212 cm³/mol. The molecule has 52 heavy (non-hydrogen) atoms. The number of allylic oxidation sites excluding steroid dienone is 15. The summed E-state index contributed by atoms with van der Waals surface area (Å²) in [5, 5.41) is 0. The Morgan fingerprint density at radius 1 is 0.827 bits per heavy atom. The maximum Gasteiger partial charge on any atom is 0.309 e. The van der Waals surface area contributed by atoms with Gasteiger partial charge in [-0.1, -0.05) is 126 Å². The molecule has 0 spiro atoms. The number of hydrogen-bond acceptors (Lipinski definition) is 6. The topological polar surface area (TPSA) is 78.9 Å². The van der Waals surface area contributed by atoms with Crippen molar-refractivity contribution in [1.29, 1.82) is 0 Å². The first kappa shape index (κ1) is 42.7. The minimum Gasteiger partial charge on any atom is -0.462 e. The van der Waals surface area contributed by atoms with Crippen molar-refractivity contribution in [3.8, 4) is 0 Å². The number of ether oxygens (including phenoxy) is 3. The second-order valence-electron chi connectivity index (χ2n) is 14.8. The number of rotatable bonds is 21. The van der Waals surface area contributed by atoms with Crippen LogP contribution in [0.5, 0.6) is 0 Å². The van der Waals surface area contributed by atoms with Gasteiger partial charge in [-0.25, -0.2) is 0 Å². The molecule has 3 aliphatic rings. The minimum atomic E-state index is -0.456. The molecule has 0 bridgehead atoms. The summed E-state index contributed by atoms with van der Waals surface area (Å²) in [6.45, 7) is 10.5. The number of fused-ring (bicyclic) bond motifs is 1. The largest absolute Gasteiger partial charge is 0.462 e. The van der Waals surface area contributed by atoms with Gasteiger partial charge in [0, 0.05) is 18.8 Å². The van der Waals surface area contributed by atoms with Crippen LogP contribution in [0.25, 0.3) is 0 Å². The summed E-state index contributed by atoms with van der Waals surface area (Å²) in [6, 6.07) is 0. The SMILES string of the molecule is CC/C=C\C/C=C\C/C=C\C/C=C\C/C=C\C/C=C\CCC(=O)O[C@@H]1CC(=O)O[C@@H](CC[C@@H]2[C@@H]3C(=C[C@H](C)C[C@@H]3OC(=O)[C@@H](C)CC)C=C[C@@H]2C)C1. The first-order valence-corrected chi connectivity index (χ1v) is 20.1.